The van der Waals surface area contributed by atoms with Crippen LogP contribution in [0.4, 0.5) is 4.39 Å². The highest BCUT2D eigenvalue weighted by molar-refractivity contribution is 5.17. The maximum Gasteiger partial charge on any atom is 0.126 e. The minimum Gasteiger partial charge on any atom is -0.315 e. The van der Waals surface area contributed by atoms with Gasteiger partial charge in [0.1, 0.15) is 5.82 Å². The maximum absolute atomic E-state index is 13.3. The fourth-order valence-corrected chi connectivity index (χ4v) is 2.22. The lowest BCUT2D eigenvalue weighted by molar-refractivity contribution is 0.241. The van der Waals surface area contributed by atoms with Crippen molar-refractivity contribution in [1.82, 2.24) is 15.5 Å². The highest BCUT2D eigenvalue weighted by Gasteiger charge is 2.08. The summed E-state index contributed by atoms with van der Waals surface area (Å²) >= 11 is 0. The van der Waals surface area contributed by atoms with E-state index in [0.29, 0.717) is 0 Å². The lowest BCUT2D eigenvalue weighted by Gasteiger charge is -2.27. The zero-order valence-electron chi connectivity index (χ0n) is 10.8. The van der Waals surface area contributed by atoms with E-state index in [-0.39, 0.29) is 5.82 Å². The van der Waals surface area contributed by atoms with Gasteiger partial charge in [-0.25, -0.2) is 4.39 Å². The van der Waals surface area contributed by atoms with E-state index in [1.54, 1.807) is 6.07 Å². The van der Waals surface area contributed by atoms with Gasteiger partial charge in [0.15, 0.2) is 0 Å². The molecule has 0 radical (unpaired) electrons. The van der Waals surface area contributed by atoms with Crippen LogP contribution in [0, 0.1) is 5.82 Å². The van der Waals surface area contributed by atoms with Crippen LogP contribution in [0.25, 0.3) is 0 Å². The van der Waals surface area contributed by atoms with Crippen molar-refractivity contribution in [3.63, 3.8) is 0 Å². The second-order valence-electron chi connectivity index (χ2n) is 4.68. The Labute approximate surface area is 108 Å². The first-order valence-electron chi connectivity index (χ1n) is 6.73. The van der Waals surface area contributed by atoms with Gasteiger partial charge in [0, 0.05) is 39.3 Å². The number of nitrogens with zero attached hydrogens (tertiary/aromatic N) is 1. The maximum atomic E-state index is 13.3. The molecule has 1 aliphatic rings. The zero-order chi connectivity index (χ0) is 12.6. The largest absolute Gasteiger partial charge is 0.315 e. The lowest BCUT2D eigenvalue weighted by atomic mass is 10.1. The Morgan fingerprint density at radius 3 is 2.72 bits per heavy atom. The van der Waals surface area contributed by atoms with Crippen LogP contribution in [0.5, 0.6) is 0 Å². The summed E-state index contributed by atoms with van der Waals surface area (Å²) in [6.07, 6.45) is 0.758. The molecule has 1 aliphatic heterocycles. The average Bonchev–Trinajstić information content (AvgIpc) is 2.42. The van der Waals surface area contributed by atoms with Gasteiger partial charge in [0.05, 0.1) is 0 Å². The molecule has 0 bridgehead atoms. The van der Waals surface area contributed by atoms with Crippen LogP contribution in [0.3, 0.4) is 0 Å². The molecule has 4 heteroatoms. The SMILES string of the molecule is Fc1ccccc1CCNCCN1CCNCC1. The second-order valence-corrected chi connectivity index (χ2v) is 4.68. The van der Waals surface area contributed by atoms with Crippen LogP contribution in [-0.4, -0.2) is 50.7 Å². The van der Waals surface area contributed by atoms with Gasteiger partial charge in [0.25, 0.3) is 0 Å². The summed E-state index contributed by atoms with van der Waals surface area (Å²) in [6.45, 7) is 7.36. The molecule has 3 nitrogen and oxygen atoms in total. The standard InChI is InChI=1S/C14H22FN3/c15-14-4-2-1-3-13(14)5-6-16-7-10-18-11-8-17-9-12-18/h1-4,16-17H,5-12H2. The normalized spacial score (nSPS) is 16.9. The smallest absolute Gasteiger partial charge is 0.126 e. The summed E-state index contributed by atoms with van der Waals surface area (Å²) in [4.78, 5) is 2.45. The number of halogens is 1. The Bertz CT molecular complexity index is 351. The Hall–Kier alpha value is -0.970. The molecule has 1 aromatic rings. The van der Waals surface area contributed by atoms with Gasteiger partial charge in [0.2, 0.25) is 0 Å². The zero-order valence-corrected chi connectivity index (χ0v) is 10.8. The molecule has 1 heterocycles. The highest BCUT2D eigenvalue weighted by atomic mass is 19.1. The van der Waals surface area contributed by atoms with Gasteiger partial charge in [-0.15, -0.1) is 0 Å². The third-order valence-corrected chi connectivity index (χ3v) is 3.34. The molecule has 0 aliphatic carbocycles. The summed E-state index contributed by atoms with van der Waals surface area (Å²) in [5.74, 6) is -0.0959. The molecule has 100 valence electrons. The van der Waals surface area contributed by atoms with Gasteiger partial charge in [-0.1, -0.05) is 18.2 Å². The van der Waals surface area contributed by atoms with E-state index in [1.807, 2.05) is 12.1 Å². The molecule has 1 fully saturated rings. The van der Waals surface area contributed by atoms with Crippen molar-refractivity contribution in [2.24, 2.45) is 0 Å². The topological polar surface area (TPSA) is 27.3 Å². The van der Waals surface area contributed by atoms with Crippen LogP contribution in [0.1, 0.15) is 5.56 Å². The summed E-state index contributed by atoms with van der Waals surface area (Å²) in [5, 5.41) is 6.72. The minimum absolute atomic E-state index is 0.0959. The first-order chi connectivity index (χ1) is 8.86. The number of hydrogen-bond acceptors (Lipinski definition) is 3. The van der Waals surface area contributed by atoms with Gasteiger partial charge in [-0.05, 0) is 24.6 Å². The van der Waals surface area contributed by atoms with Gasteiger partial charge in [-0.3, -0.25) is 4.90 Å². The monoisotopic (exact) mass is 251 g/mol. The lowest BCUT2D eigenvalue weighted by Crippen LogP contribution is -2.45. The van der Waals surface area contributed by atoms with Crippen LogP contribution in [0.15, 0.2) is 24.3 Å². The molecule has 1 saturated heterocycles. The molecule has 0 amide bonds. The summed E-state index contributed by atoms with van der Waals surface area (Å²) < 4.78 is 13.3. The van der Waals surface area contributed by atoms with Gasteiger partial charge in [-0.2, -0.15) is 0 Å². The summed E-state index contributed by atoms with van der Waals surface area (Å²) in [6, 6.07) is 7.00. The highest BCUT2D eigenvalue weighted by Crippen LogP contribution is 2.05. The van der Waals surface area contributed by atoms with Gasteiger partial charge >= 0.3 is 0 Å². The van der Waals surface area contributed by atoms with Crippen LogP contribution in [0.2, 0.25) is 0 Å². The fraction of sp³-hybridized carbons (Fsp3) is 0.571. The minimum atomic E-state index is -0.0959. The molecule has 0 atom stereocenters. The van der Waals surface area contributed by atoms with Crippen LogP contribution < -0.4 is 10.6 Å². The van der Waals surface area contributed by atoms with Gasteiger partial charge < -0.3 is 10.6 Å². The molecule has 0 unspecified atom stereocenters. The van der Waals surface area contributed by atoms with Crippen molar-refractivity contribution in [1.29, 1.82) is 0 Å². The van der Waals surface area contributed by atoms with E-state index >= 15 is 0 Å². The number of hydrogen-bond donors (Lipinski definition) is 2. The number of benzene rings is 1. The average molecular weight is 251 g/mol. The summed E-state index contributed by atoms with van der Waals surface area (Å²) in [7, 11) is 0. The third-order valence-electron chi connectivity index (χ3n) is 3.34. The van der Waals surface area contributed by atoms with Crippen molar-refractivity contribution >= 4 is 0 Å². The first kappa shape index (κ1) is 13.5. The first-order valence-corrected chi connectivity index (χ1v) is 6.73. The quantitative estimate of drug-likeness (QED) is 0.735. The van der Waals surface area contributed by atoms with Crippen LogP contribution >= 0.6 is 0 Å². The van der Waals surface area contributed by atoms with Crippen molar-refractivity contribution in [2.75, 3.05) is 45.8 Å². The Balaban J connectivity index is 1.57. The second kappa shape index (κ2) is 7.46. The van der Waals surface area contributed by atoms with E-state index in [2.05, 4.69) is 15.5 Å². The molecule has 0 saturated carbocycles. The molecule has 1 aromatic carbocycles. The van der Waals surface area contributed by atoms with E-state index in [9.17, 15) is 4.39 Å². The third kappa shape index (κ3) is 4.37. The molecule has 2 rings (SSSR count). The molecule has 18 heavy (non-hydrogen) atoms. The Morgan fingerprint density at radius 2 is 1.94 bits per heavy atom. The van der Waals surface area contributed by atoms with E-state index in [4.69, 9.17) is 0 Å². The fourth-order valence-electron chi connectivity index (χ4n) is 2.22. The molecular weight excluding hydrogens is 229 g/mol. The predicted molar refractivity (Wildman–Crippen MR) is 72.3 cm³/mol. The van der Waals surface area contributed by atoms with Crippen LogP contribution in [-0.2, 0) is 6.42 Å². The van der Waals surface area contributed by atoms with Crippen molar-refractivity contribution in [3.05, 3.63) is 35.6 Å². The predicted octanol–water partition coefficient (Wildman–Crippen LogP) is 0.863. The van der Waals surface area contributed by atoms with Crippen molar-refractivity contribution in [2.45, 2.75) is 6.42 Å². The number of rotatable bonds is 6. The Kier molecular flexibility index (Phi) is 5.58. The number of nitrogens with one attached hydrogen (secondary N) is 2. The van der Waals surface area contributed by atoms with Crippen molar-refractivity contribution in [3.8, 4) is 0 Å². The number of piperazine rings is 1. The molecular formula is C14H22FN3. The molecule has 0 aromatic heterocycles. The van der Waals surface area contributed by atoms with E-state index in [1.165, 1.54) is 6.07 Å². The molecule has 2 N–H and O–H groups in total. The summed E-state index contributed by atoms with van der Waals surface area (Å²) in [5.41, 5.74) is 0.798. The van der Waals surface area contributed by atoms with E-state index < -0.39 is 0 Å². The van der Waals surface area contributed by atoms with Crippen molar-refractivity contribution < 1.29 is 4.39 Å². The van der Waals surface area contributed by atoms with E-state index in [0.717, 1.165) is 57.8 Å². The Morgan fingerprint density at radius 1 is 1.17 bits per heavy atom. The molecule has 0 spiro atoms.